The lowest BCUT2D eigenvalue weighted by atomic mass is 10.1. The van der Waals surface area contributed by atoms with Crippen LogP contribution in [0.2, 0.25) is 0 Å². The van der Waals surface area contributed by atoms with E-state index < -0.39 is 32.9 Å². The molecule has 0 unspecified atom stereocenters. The monoisotopic (exact) mass is 330 g/mol. The molecule has 2 aromatic carbocycles. The van der Waals surface area contributed by atoms with Crippen molar-refractivity contribution in [3.8, 4) is 0 Å². The third-order valence-corrected chi connectivity index (χ3v) is 4.85. The minimum absolute atomic E-state index is 0.335. The first kappa shape index (κ1) is 17.1. The van der Waals surface area contributed by atoms with E-state index in [4.69, 9.17) is 0 Å². The van der Waals surface area contributed by atoms with E-state index in [1.807, 2.05) is 13.8 Å². The second kappa shape index (κ2) is 6.87. The molecule has 5 heteroatoms. The molecule has 0 N–H and O–H groups in total. The van der Waals surface area contributed by atoms with Crippen LogP contribution in [-0.4, -0.2) is 31.5 Å². The predicted octanol–water partition coefficient (Wildman–Crippen LogP) is 2.78. The van der Waals surface area contributed by atoms with Crippen molar-refractivity contribution in [1.29, 1.82) is 0 Å². The molecule has 4 nitrogen and oxygen atoms in total. The Morgan fingerprint density at radius 3 is 1.30 bits per heavy atom. The third-order valence-electron chi connectivity index (χ3n) is 3.45. The Labute approximate surface area is 136 Å². The van der Waals surface area contributed by atoms with Gasteiger partial charge in [-0.2, -0.15) is 0 Å². The van der Waals surface area contributed by atoms with Crippen molar-refractivity contribution in [2.75, 3.05) is 11.5 Å². The first-order valence-electron chi connectivity index (χ1n) is 7.17. The quantitative estimate of drug-likeness (QED) is 0.764. The molecule has 0 aliphatic rings. The number of aryl methyl sites for hydroxylation is 2. The summed E-state index contributed by atoms with van der Waals surface area (Å²) < 4.78 is 24.2. The first-order valence-corrected chi connectivity index (χ1v) is 8.99. The number of benzene rings is 2. The van der Waals surface area contributed by atoms with Crippen LogP contribution >= 0.6 is 0 Å². The maximum atomic E-state index is 12.1. The molecule has 0 saturated carbocycles. The number of ketones is 2. The molecule has 120 valence electrons. The van der Waals surface area contributed by atoms with E-state index in [-0.39, 0.29) is 0 Å². The van der Waals surface area contributed by atoms with Gasteiger partial charge in [0.25, 0.3) is 0 Å². The molecule has 0 aromatic heterocycles. The molecule has 0 aliphatic carbocycles. The first-order chi connectivity index (χ1) is 10.8. The summed E-state index contributed by atoms with van der Waals surface area (Å²) in [6.45, 7) is 3.76. The van der Waals surface area contributed by atoms with Gasteiger partial charge in [-0.1, -0.05) is 59.7 Å². The standard InChI is InChI=1S/C18H18O4S/c1-13-3-7-15(8-4-13)17(19)11-23(21,22)12-18(20)16-9-5-14(2)6-10-16/h3-10H,11-12H2,1-2H3. The molecule has 0 amide bonds. The van der Waals surface area contributed by atoms with Crippen molar-refractivity contribution in [3.05, 3.63) is 70.8 Å². The number of carbonyl (C=O) groups is 2. The van der Waals surface area contributed by atoms with Gasteiger partial charge in [-0.15, -0.1) is 0 Å². The highest BCUT2D eigenvalue weighted by Gasteiger charge is 2.22. The molecule has 0 radical (unpaired) electrons. The summed E-state index contributed by atoms with van der Waals surface area (Å²) in [5.41, 5.74) is 2.64. The van der Waals surface area contributed by atoms with Gasteiger partial charge in [0.1, 0.15) is 11.5 Å². The summed E-state index contributed by atoms with van der Waals surface area (Å²) in [6, 6.07) is 13.4. The van der Waals surface area contributed by atoms with Crippen molar-refractivity contribution in [3.63, 3.8) is 0 Å². The van der Waals surface area contributed by atoms with Crippen molar-refractivity contribution in [1.82, 2.24) is 0 Å². The summed E-state index contributed by atoms with van der Waals surface area (Å²) >= 11 is 0. The molecule has 0 fully saturated rings. The summed E-state index contributed by atoms with van der Waals surface area (Å²) in [5.74, 6) is -2.31. The van der Waals surface area contributed by atoms with Gasteiger partial charge in [0.05, 0.1) is 0 Å². The second-order valence-corrected chi connectivity index (χ2v) is 7.68. The molecular formula is C18H18O4S. The Hall–Kier alpha value is -2.27. The second-order valence-electron chi connectivity index (χ2n) is 5.61. The van der Waals surface area contributed by atoms with Crippen LogP contribution in [0.3, 0.4) is 0 Å². The largest absolute Gasteiger partial charge is 0.293 e. The number of rotatable bonds is 6. The van der Waals surface area contributed by atoms with Gasteiger partial charge in [-0.05, 0) is 13.8 Å². The number of sulfone groups is 1. The number of hydrogen-bond acceptors (Lipinski definition) is 4. The molecule has 0 heterocycles. The number of Topliss-reactive ketones (excluding diaryl/α,β-unsaturated/α-hetero) is 2. The Morgan fingerprint density at radius 1 is 0.696 bits per heavy atom. The molecule has 2 aromatic rings. The van der Waals surface area contributed by atoms with Gasteiger partial charge in [0, 0.05) is 11.1 Å². The van der Waals surface area contributed by atoms with E-state index in [2.05, 4.69) is 0 Å². The van der Waals surface area contributed by atoms with Crippen molar-refractivity contribution in [2.24, 2.45) is 0 Å². The Bertz CT molecular complexity index is 751. The van der Waals surface area contributed by atoms with E-state index in [0.29, 0.717) is 11.1 Å². The smallest absolute Gasteiger partial charge is 0.177 e. The predicted molar refractivity (Wildman–Crippen MR) is 89.7 cm³/mol. The minimum Gasteiger partial charge on any atom is -0.293 e. The number of hydrogen-bond donors (Lipinski definition) is 0. The molecule has 0 bridgehead atoms. The average molecular weight is 330 g/mol. The highest BCUT2D eigenvalue weighted by Crippen LogP contribution is 2.09. The number of carbonyl (C=O) groups excluding carboxylic acids is 2. The topological polar surface area (TPSA) is 68.3 Å². The molecule has 0 atom stereocenters. The lowest BCUT2D eigenvalue weighted by Gasteiger charge is -2.05. The van der Waals surface area contributed by atoms with E-state index in [1.54, 1.807) is 48.5 Å². The molecule has 0 aliphatic heterocycles. The Balaban J connectivity index is 2.06. The van der Waals surface area contributed by atoms with Crippen LogP contribution in [-0.2, 0) is 9.84 Å². The van der Waals surface area contributed by atoms with Crippen molar-refractivity contribution < 1.29 is 18.0 Å². The van der Waals surface area contributed by atoms with E-state index in [1.165, 1.54) is 0 Å². The fourth-order valence-corrected chi connectivity index (χ4v) is 3.33. The maximum Gasteiger partial charge on any atom is 0.177 e. The zero-order valence-corrected chi connectivity index (χ0v) is 13.9. The molecule has 23 heavy (non-hydrogen) atoms. The zero-order chi connectivity index (χ0) is 17.0. The molecule has 0 spiro atoms. The lowest BCUT2D eigenvalue weighted by molar-refractivity contribution is 0.102. The van der Waals surface area contributed by atoms with E-state index in [0.717, 1.165) is 11.1 Å². The third kappa shape index (κ3) is 4.86. The maximum absolute atomic E-state index is 12.1. The highest BCUT2D eigenvalue weighted by molar-refractivity contribution is 7.92. The summed E-state index contributed by atoms with van der Waals surface area (Å²) in [5, 5.41) is 0. The van der Waals surface area contributed by atoms with Gasteiger partial charge in [0.15, 0.2) is 21.4 Å². The summed E-state index contributed by atoms with van der Waals surface area (Å²) in [4.78, 5) is 24.1. The van der Waals surface area contributed by atoms with Crippen LogP contribution in [0.25, 0.3) is 0 Å². The van der Waals surface area contributed by atoms with Crippen molar-refractivity contribution >= 4 is 21.4 Å². The lowest BCUT2D eigenvalue weighted by Crippen LogP contribution is -2.24. The van der Waals surface area contributed by atoms with Crippen LogP contribution in [0.5, 0.6) is 0 Å². The van der Waals surface area contributed by atoms with Crippen molar-refractivity contribution in [2.45, 2.75) is 13.8 Å². The van der Waals surface area contributed by atoms with Gasteiger partial charge in [0.2, 0.25) is 0 Å². The average Bonchev–Trinajstić information content (AvgIpc) is 2.47. The Kier molecular flexibility index (Phi) is 5.11. The van der Waals surface area contributed by atoms with Gasteiger partial charge in [-0.3, -0.25) is 9.59 Å². The minimum atomic E-state index is -3.80. The fourth-order valence-electron chi connectivity index (χ4n) is 2.10. The van der Waals surface area contributed by atoms with Crippen LogP contribution in [0, 0.1) is 13.8 Å². The SMILES string of the molecule is Cc1ccc(C(=O)CS(=O)(=O)CC(=O)c2ccc(C)cc2)cc1. The zero-order valence-electron chi connectivity index (χ0n) is 13.1. The van der Waals surface area contributed by atoms with Gasteiger partial charge < -0.3 is 0 Å². The van der Waals surface area contributed by atoms with Gasteiger partial charge >= 0.3 is 0 Å². The molecular weight excluding hydrogens is 312 g/mol. The van der Waals surface area contributed by atoms with Crippen LogP contribution < -0.4 is 0 Å². The normalized spacial score (nSPS) is 11.2. The highest BCUT2D eigenvalue weighted by atomic mass is 32.2. The Morgan fingerprint density at radius 2 is 1.00 bits per heavy atom. The summed E-state index contributed by atoms with van der Waals surface area (Å²) in [6.07, 6.45) is 0. The van der Waals surface area contributed by atoms with Crippen LogP contribution in [0.4, 0.5) is 0 Å². The molecule has 0 saturated heterocycles. The van der Waals surface area contributed by atoms with Gasteiger partial charge in [-0.25, -0.2) is 8.42 Å². The van der Waals surface area contributed by atoms with E-state index >= 15 is 0 Å². The van der Waals surface area contributed by atoms with E-state index in [9.17, 15) is 18.0 Å². The summed E-state index contributed by atoms with van der Waals surface area (Å²) in [7, 11) is -3.80. The fraction of sp³-hybridized carbons (Fsp3) is 0.222. The van der Waals surface area contributed by atoms with Crippen LogP contribution in [0.1, 0.15) is 31.8 Å². The molecule has 2 rings (SSSR count). The van der Waals surface area contributed by atoms with Crippen LogP contribution in [0.15, 0.2) is 48.5 Å².